The molecule has 0 atom stereocenters. The number of carbonyl (C=O) groups is 2. The van der Waals surface area contributed by atoms with Crippen LogP contribution in [0.1, 0.15) is 5.69 Å². The lowest BCUT2D eigenvalue weighted by atomic mass is 10.2. The van der Waals surface area contributed by atoms with Crippen LogP contribution in [0.2, 0.25) is 0 Å². The molecule has 0 aliphatic rings. The number of rotatable bonds is 7. The Balaban J connectivity index is 0.000000390. The Morgan fingerprint density at radius 2 is 1.78 bits per heavy atom. The van der Waals surface area contributed by atoms with Gasteiger partial charge in [0, 0.05) is 31.9 Å². The fourth-order valence-corrected chi connectivity index (χ4v) is 3.98. The van der Waals surface area contributed by atoms with Gasteiger partial charge >= 0.3 is 11.9 Å². The molecule has 3 aromatic rings. The number of halogens is 1. The third-order valence-corrected chi connectivity index (χ3v) is 5.59. The molecule has 170 valence electrons. The number of aryl methyl sites for hydroxylation is 1. The van der Waals surface area contributed by atoms with Crippen molar-refractivity contribution >= 4 is 22.0 Å². The summed E-state index contributed by atoms with van der Waals surface area (Å²) in [5.41, 5.74) is 0.604. The van der Waals surface area contributed by atoms with Gasteiger partial charge in [-0.3, -0.25) is 4.68 Å². The molecule has 32 heavy (non-hydrogen) atoms. The molecule has 11 nitrogen and oxygen atoms in total. The average molecular weight is 465 g/mol. The maximum Gasteiger partial charge on any atom is 0.328 e. The Morgan fingerprint density at radius 1 is 1.16 bits per heavy atom. The average Bonchev–Trinajstić information content (AvgIpc) is 3.35. The summed E-state index contributed by atoms with van der Waals surface area (Å²) < 4.78 is 42.3. The number of aliphatic carboxylic acids is 2. The summed E-state index contributed by atoms with van der Waals surface area (Å²) in [5.74, 6) is -3.03. The number of benzene rings is 1. The Kier molecular flexibility index (Phi) is 7.98. The van der Waals surface area contributed by atoms with Gasteiger partial charge in [-0.25, -0.2) is 22.9 Å². The molecule has 3 rings (SSSR count). The van der Waals surface area contributed by atoms with Gasteiger partial charge in [0.25, 0.3) is 10.0 Å². The van der Waals surface area contributed by atoms with Crippen LogP contribution in [0.3, 0.4) is 0 Å². The van der Waals surface area contributed by atoms with Crippen molar-refractivity contribution in [2.24, 2.45) is 7.05 Å². The first-order valence-electron chi connectivity index (χ1n) is 8.93. The number of nitrogens with zero attached hydrogens (tertiary/aromatic N) is 4. The lowest BCUT2D eigenvalue weighted by Gasteiger charge is -2.09. The van der Waals surface area contributed by atoms with Crippen molar-refractivity contribution in [3.05, 3.63) is 66.4 Å². The zero-order chi connectivity index (χ0) is 23.9. The summed E-state index contributed by atoms with van der Waals surface area (Å²) in [6.07, 6.45) is 3.90. The predicted octanol–water partition coefficient (Wildman–Crippen LogP) is 1.09. The van der Waals surface area contributed by atoms with E-state index >= 15 is 0 Å². The monoisotopic (exact) mass is 465 g/mol. The second-order valence-electron chi connectivity index (χ2n) is 6.17. The molecule has 1 aromatic carbocycles. The van der Waals surface area contributed by atoms with E-state index in [4.69, 9.17) is 10.2 Å². The Hall–Kier alpha value is -3.84. The Bertz CT molecular complexity index is 1230. The van der Waals surface area contributed by atoms with Gasteiger partial charge < -0.3 is 15.5 Å². The van der Waals surface area contributed by atoms with Crippen LogP contribution >= 0.6 is 0 Å². The van der Waals surface area contributed by atoms with E-state index in [0.717, 1.165) is 3.97 Å². The molecule has 0 aliphatic heterocycles. The van der Waals surface area contributed by atoms with Crippen molar-refractivity contribution in [3.8, 4) is 11.4 Å². The van der Waals surface area contributed by atoms with Crippen LogP contribution in [-0.2, 0) is 33.2 Å². The zero-order valence-electron chi connectivity index (χ0n) is 17.0. The highest BCUT2D eigenvalue weighted by Crippen LogP contribution is 2.26. The second kappa shape index (κ2) is 10.5. The van der Waals surface area contributed by atoms with Crippen LogP contribution in [0.4, 0.5) is 4.39 Å². The van der Waals surface area contributed by atoms with Gasteiger partial charge in [-0.2, -0.15) is 13.5 Å². The first kappa shape index (κ1) is 24.4. The maximum absolute atomic E-state index is 14.2. The molecule has 13 heteroatoms. The molecule has 0 bridgehead atoms. The first-order valence-corrected chi connectivity index (χ1v) is 10.4. The minimum Gasteiger partial charge on any atom is -0.478 e. The molecule has 0 saturated heterocycles. The normalized spacial score (nSPS) is 11.2. The molecule has 0 saturated carbocycles. The highest BCUT2D eigenvalue weighted by atomic mass is 32.2. The molecule has 0 aliphatic carbocycles. The van der Waals surface area contributed by atoms with Crippen molar-refractivity contribution in [2.75, 3.05) is 7.05 Å². The SMILES string of the molecule is CNCc1cn(S(=O)(=O)c2ccnn2C)c(-c2ccccc2F)n1.O=C(O)/C=C/C(=O)O. The number of nitrogens with one attached hydrogen (secondary N) is 1. The number of hydrogen-bond acceptors (Lipinski definition) is 7. The standard InChI is InChI=1S/C15H16FN5O2S.C4H4O4/c1-17-9-11-10-21(24(22,23)14-7-8-18-20(14)2)15(19-11)12-5-3-4-6-13(12)16;5-3(6)1-2-4(7)8/h3-8,10,17H,9H2,1-2H3;1-2H,(H,5,6)(H,7,8)/b;2-1+. The number of aromatic nitrogens is 4. The lowest BCUT2D eigenvalue weighted by molar-refractivity contribution is -0.134. The van der Waals surface area contributed by atoms with Crippen molar-refractivity contribution in [3.63, 3.8) is 0 Å². The smallest absolute Gasteiger partial charge is 0.328 e. The van der Waals surface area contributed by atoms with Crippen LogP contribution < -0.4 is 5.32 Å². The number of carboxylic acid groups (broad SMARTS) is 2. The molecular weight excluding hydrogens is 445 g/mol. The largest absolute Gasteiger partial charge is 0.478 e. The minimum atomic E-state index is -3.96. The highest BCUT2D eigenvalue weighted by Gasteiger charge is 2.26. The number of carboxylic acids is 2. The van der Waals surface area contributed by atoms with Crippen molar-refractivity contribution in [1.29, 1.82) is 0 Å². The highest BCUT2D eigenvalue weighted by molar-refractivity contribution is 7.90. The maximum atomic E-state index is 14.2. The predicted molar refractivity (Wildman–Crippen MR) is 111 cm³/mol. The fraction of sp³-hybridized carbons (Fsp3) is 0.158. The zero-order valence-corrected chi connectivity index (χ0v) is 17.8. The summed E-state index contributed by atoms with van der Waals surface area (Å²) in [7, 11) is -0.711. The van der Waals surface area contributed by atoms with Crippen LogP contribution in [0.25, 0.3) is 11.4 Å². The number of imidazole rings is 1. The molecule has 3 N–H and O–H groups in total. The summed E-state index contributed by atoms with van der Waals surface area (Å²) in [6.45, 7) is 0.357. The van der Waals surface area contributed by atoms with E-state index in [-0.39, 0.29) is 16.4 Å². The Labute approximate surface area is 182 Å². The third kappa shape index (κ3) is 5.86. The van der Waals surface area contributed by atoms with Crippen molar-refractivity contribution < 1.29 is 32.6 Å². The van der Waals surface area contributed by atoms with Gasteiger partial charge in [-0.05, 0) is 25.2 Å². The second-order valence-corrected chi connectivity index (χ2v) is 7.93. The summed E-state index contributed by atoms with van der Waals surface area (Å²) in [5, 5.41) is 22.4. The first-order chi connectivity index (χ1) is 15.1. The Morgan fingerprint density at radius 3 is 2.28 bits per heavy atom. The van der Waals surface area contributed by atoms with Crippen LogP contribution in [0.15, 0.2) is 59.9 Å². The van der Waals surface area contributed by atoms with Crippen LogP contribution in [-0.4, -0.2) is 56.4 Å². The van der Waals surface area contributed by atoms with E-state index < -0.39 is 27.8 Å². The van der Waals surface area contributed by atoms with E-state index in [9.17, 15) is 22.4 Å². The van der Waals surface area contributed by atoms with Gasteiger partial charge in [-0.15, -0.1) is 0 Å². The van der Waals surface area contributed by atoms with E-state index in [1.165, 1.54) is 48.4 Å². The lowest BCUT2D eigenvalue weighted by Crippen LogP contribution is -2.17. The number of hydrogen-bond donors (Lipinski definition) is 3. The van der Waals surface area contributed by atoms with Gasteiger partial charge in [0.1, 0.15) is 5.82 Å². The van der Waals surface area contributed by atoms with Gasteiger partial charge in [-0.1, -0.05) is 12.1 Å². The van der Waals surface area contributed by atoms with Crippen LogP contribution in [0.5, 0.6) is 0 Å². The van der Waals surface area contributed by atoms with E-state index in [1.54, 1.807) is 13.1 Å². The van der Waals surface area contributed by atoms with E-state index in [0.29, 0.717) is 24.4 Å². The van der Waals surface area contributed by atoms with E-state index in [2.05, 4.69) is 15.4 Å². The summed E-state index contributed by atoms with van der Waals surface area (Å²) in [4.78, 5) is 23.4. The van der Waals surface area contributed by atoms with Crippen molar-refractivity contribution in [2.45, 2.75) is 11.6 Å². The van der Waals surface area contributed by atoms with Crippen molar-refractivity contribution in [1.82, 2.24) is 24.1 Å². The van der Waals surface area contributed by atoms with Gasteiger partial charge in [0.2, 0.25) is 0 Å². The molecule has 0 spiro atoms. The molecule has 0 amide bonds. The van der Waals surface area contributed by atoms with Crippen LogP contribution in [0, 0.1) is 5.82 Å². The molecular formula is C19H20FN5O6S. The molecule has 2 heterocycles. The topological polar surface area (TPSA) is 156 Å². The summed E-state index contributed by atoms with van der Waals surface area (Å²) >= 11 is 0. The fourth-order valence-electron chi connectivity index (χ4n) is 2.54. The molecule has 0 fully saturated rings. The quantitative estimate of drug-likeness (QED) is 0.435. The molecule has 0 unspecified atom stereocenters. The minimum absolute atomic E-state index is 0.00602. The molecule has 2 aromatic heterocycles. The third-order valence-electron chi connectivity index (χ3n) is 3.86. The molecule has 0 radical (unpaired) electrons. The van der Waals surface area contributed by atoms with Gasteiger partial charge in [0.05, 0.1) is 17.5 Å². The van der Waals surface area contributed by atoms with E-state index in [1.807, 2.05) is 0 Å². The summed E-state index contributed by atoms with van der Waals surface area (Å²) in [6, 6.07) is 7.32. The van der Waals surface area contributed by atoms with Gasteiger partial charge in [0.15, 0.2) is 10.9 Å².